The van der Waals surface area contributed by atoms with Crippen molar-refractivity contribution in [3.05, 3.63) is 76.9 Å². The smallest absolute Gasteiger partial charge is 0.163 e. The van der Waals surface area contributed by atoms with E-state index >= 15 is 0 Å². The molecule has 3 aromatic carbocycles. The highest BCUT2D eigenvalue weighted by molar-refractivity contribution is 6.03. The van der Waals surface area contributed by atoms with Gasteiger partial charge >= 0.3 is 0 Å². The van der Waals surface area contributed by atoms with Crippen molar-refractivity contribution in [2.24, 2.45) is 0 Å². The number of ether oxygens (including phenoxy) is 1. The van der Waals surface area contributed by atoms with E-state index in [9.17, 15) is 4.79 Å². The third-order valence-corrected chi connectivity index (χ3v) is 4.13. The number of carbonyl (C=O) groups excluding carboxylic acids is 1. The Balaban J connectivity index is 2.01. The fourth-order valence-corrected chi connectivity index (χ4v) is 2.83. The number of Topliss-reactive ketones (excluding diaryl/α,β-unsaturated/α-hetero) is 1. The summed E-state index contributed by atoms with van der Waals surface area (Å²) in [5, 5.41) is 2.05. The Morgan fingerprint density at radius 1 is 1.00 bits per heavy atom. The molecule has 0 unspecified atom stereocenters. The van der Waals surface area contributed by atoms with Crippen LogP contribution >= 0.6 is 0 Å². The van der Waals surface area contributed by atoms with Gasteiger partial charge in [-0.25, -0.2) is 0 Å². The van der Waals surface area contributed by atoms with Gasteiger partial charge in [0.25, 0.3) is 0 Å². The molecule has 0 aliphatic heterocycles. The fourth-order valence-electron chi connectivity index (χ4n) is 2.83. The number of aryl methyl sites for hydroxylation is 2. The lowest BCUT2D eigenvalue weighted by Gasteiger charge is -2.14. The Morgan fingerprint density at radius 3 is 2.52 bits per heavy atom. The van der Waals surface area contributed by atoms with Crippen LogP contribution in [0.1, 0.15) is 34.0 Å². The normalized spacial score (nSPS) is 10.7. The number of benzene rings is 3. The summed E-state index contributed by atoms with van der Waals surface area (Å²) in [6, 6.07) is 18.1. The maximum atomic E-state index is 12.0. The maximum absolute atomic E-state index is 12.0. The summed E-state index contributed by atoms with van der Waals surface area (Å²) in [6.07, 6.45) is 0. The first-order chi connectivity index (χ1) is 11.1. The maximum Gasteiger partial charge on any atom is 0.163 e. The zero-order valence-electron chi connectivity index (χ0n) is 13.7. The number of carbonyl (C=O) groups is 1. The van der Waals surface area contributed by atoms with E-state index in [-0.39, 0.29) is 5.78 Å². The molecular weight excluding hydrogens is 284 g/mol. The van der Waals surface area contributed by atoms with E-state index < -0.39 is 0 Å². The molecule has 0 amide bonds. The van der Waals surface area contributed by atoms with Gasteiger partial charge in [0.15, 0.2) is 5.78 Å². The number of hydrogen-bond acceptors (Lipinski definition) is 2. The second kappa shape index (κ2) is 6.25. The predicted octanol–water partition coefficient (Wildman–Crippen LogP) is 5.24. The number of hydrogen-bond donors (Lipinski definition) is 0. The standard InChI is InChI=1S/C21H20O2/c1-14-8-9-18(15(2)12-14)13-23-21-19(16(3)22)11-10-17-6-4-5-7-20(17)21/h4-12H,13H2,1-3H3. The van der Waals surface area contributed by atoms with Crippen molar-refractivity contribution in [3.8, 4) is 5.75 Å². The minimum Gasteiger partial charge on any atom is -0.487 e. The Hall–Kier alpha value is -2.61. The van der Waals surface area contributed by atoms with E-state index in [2.05, 4.69) is 32.0 Å². The van der Waals surface area contributed by atoms with Crippen molar-refractivity contribution in [3.63, 3.8) is 0 Å². The third-order valence-electron chi connectivity index (χ3n) is 4.13. The van der Waals surface area contributed by atoms with Gasteiger partial charge in [0.2, 0.25) is 0 Å². The van der Waals surface area contributed by atoms with Gasteiger partial charge in [-0.3, -0.25) is 4.79 Å². The van der Waals surface area contributed by atoms with Gasteiger partial charge in [0.05, 0.1) is 5.56 Å². The Morgan fingerprint density at radius 2 is 1.78 bits per heavy atom. The number of fused-ring (bicyclic) bond motifs is 1. The molecule has 0 aliphatic carbocycles. The molecule has 116 valence electrons. The molecule has 0 saturated heterocycles. The summed E-state index contributed by atoms with van der Waals surface area (Å²) in [6.45, 7) is 6.20. The summed E-state index contributed by atoms with van der Waals surface area (Å²) >= 11 is 0. The van der Waals surface area contributed by atoms with Crippen LogP contribution in [0, 0.1) is 13.8 Å². The molecule has 0 saturated carbocycles. The van der Waals surface area contributed by atoms with Crippen molar-refractivity contribution in [1.82, 2.24) is 0 Å². The van der Waals surface area contributed by atoms with Crippen LogP contribution in [0.5, 0.6) is 5.75 Å². The minimum atomic E-state index is 0.0198. The van der Waals surface area contributed by atoms with E-state index in [0.29, 0.717) is 17.9 Å². The summed E-state index contributed by atoms with van der Waals surface area (Å²) < 4.78 is 6.10. The molecule has 0 atom stereocenters. The molecule has 0 radical (unpaired) electrons. The molecule has 3 rings (SSSR count). The van der Waals surface area contributed by atoms with Gasteiger partial charge in [-0.2, -0.15) is 0 Å². The molecule has 0 bridgehead atoms. The Kier molecular flexibility index (Phi) is 4.16. The number of ketones is 1. The molecule has 0 heterocycles. The first-order valence-corrected chi connectivity index (χ1v) is 7.78. The molecule has 2 nitrogen and oxygen atoms in total. The van der Waals surface area contributed by atoms with Crippen molar-refractivity contribution in [2.45, 2.75) is 27.4 Å². The summed E-state index contributed by atoms with van der Waals surface area (Å²) in [5.74, 6) is 0.696. The molecule has 3 aromatic rings. The monoisotopic (exact) mass is 304 g/mol. The van der Waals surface area contributed by atoms with Crippen LogP contribution in [0.2, 0.25) is 0 Å². The third kappa shape index (κ3) is 3.11. The molecule has 0 fully saturated rings. The van der Waals surface area contributed by atoms with Gasteiger partial charge in [-0.1, -0.05) is 54.1 Å². The summed E-state index contributed by atoms with van der Waals surface area (Å²) in [7, 11) is 0. The Labute approximate surface area is 136 Å². The topological polar surface area (TPSA) is 26.3 Å². The van der Waals surface area contributed by atoms with Gasteiger partial charge in [-0.15, -0.1) is 0 Å². The first-order valence-electron chi connectivity index (χ1n) is 7.78. The highest BCUT2D eigenvalue weighted by Gasteiger charge is 2.13. The molecule has 2 heteroatoms. The predicted molar refractivity (Wildman–Crippen MR) is 94.2 cm³/mol. The zero-order chi connectivity index (χ0) is 16.4. The number of rotatable bonds is 4. The SMILES string of the molecule is CC(=O)c1ccc2ccccc2c1OCc1ccc(C)cc1C. The highest BCUT2D eigenvalue weighted by Crippen LogP contribution is 2.31. The van der Waals surface area contributed by atoms with Crippen molar-refractivity contribution in [2.75, 3.05) is 0 Å². The van der Waals surface area contributed by atoms with Gasteiger partial charge in [-0.05, 0) is 43.4 Å². The largest absolute Gasteiger partial charge is 0.487 e. The first kappa shape index (κ1) is 15.3. The van der Waals surface area contributed by atoms with Gasteiger partial charge in [0.1, 0.15) is 12.4 Å². The molecule has 0 aliphatic rings. The molecule has 0 N–H and O–H groups in total. The van der Waals surface area contributed by atoms with E-state index in [0.717, 1.165) is 16.3 Å². The lowest BCUT2D eigenvalue weighted by molar-refractivity contribution is 0.101. The van der Waals surface area contributed by atoms with Crippen LogP contribution < -0.4 is 4.74 Å². The van der Waals surface area contributed by atoms with E-state index in [1.807, 2.05) is 36.4 Å². The summed E-state index contributed by atoms with van der Waals surface area (Å²) in [5.41, 5.74) is 4.21. The van der Waals surface area contributed by atoms with Crippen molar-refractivity contribution < 1.29 is 9.53 Å². The Bertz CT molecular complexity index is 878. The second-order valence-electron chi connectivity index (χ2n) is 5.94. The minimum absolute atomic E-state index is 0.0198. The zero-order valence-corrected chi connectivity index (χ0v) is 13.7. The van der Waals surface area contributed by atoms with Crippen LogP contribution in [0.15, 0.2) is 54.6 Å². The molecule has 0 aromatic heterocycles. The van der Waals surface area contributed by atoms with Crippen LogP contribution in [0.4, 0.5) is 0 Å². The van der Waals surface area contributed by atoms with E-state index in [1.54, 1.807) is 6.92 Å². The van der Waals surface area contributed by atoms with Crippen LogP contribution in [0.25, 0.3) is 10.8 Å². The van der Waals surface area contributed by atoms with Gasteiger partial charge in [0, 0.05) is 5.39 Å². The lowest BCUT2D eigenvalue weighted by atomic mass is 10.0. The van der Waals surface area contributed by atoms with Crippen LogP contribution in [-0.4, -0.2) is 5.78 Å². The second-order valence-corrected chi connectivity index (χ2v) is 5.94. The highest BCUT2D eigenvalue weighted by atomic mass is 16.5. The molecule has 23 heavy (non-hydrogen) atoms. The van der Waals surface area contributed by atoms with Crippen LogP contribution in [-0.2, 0) is 6.61 Å². The average Bonchev–Trinajstić information content (AvgIpc) is 2.53. The van der Waals surface area contributed by atoms with Crippen molar-refractivity contribution in [1.29, 1.82) is 0 Å². The fraction of sp³-hybridized carbons (Fsp3) is 0.190. The lowest BCUT2D eigenvalue weighted by Crippen LogP contribution is -2.03. The van der Waals surface area contributed by atoms with Gasteiger partial charge < -0.3 is 4.74 Å². The van der Waals surface area contributed by atoms with Crippen LogP contribution in [0.3, 0.4) is 0 Å². The van der Waals surface area contributed by atoms with E-state index in [1.165, 1.54) is 11.1 Å². The molecule has 0 spiro atoms. The van der Waals surface area contributed by atoms with Crippen molar-refractivity contribution >= 4 is 16.6 Å². The average molecular weight is 304 g/mol. The van der Waals surface area contributed by atoms with E-state index in [4.69, 9.17) is 4.74 Å². The molecular formula is C21H20O2. The summed E-state index contributed by atoms with van der Waals surface area (Å²) in [4.78, 5) is 12.0. The quantitative estimate of drug-likeness (QED) is 0.616.